The molecule has 2 aliphatic heterocycles. The molecule has 2 aliphatic rings. The minimum atomic E-state index is -4.88. The Morgan fingerprint density at radius 3 is 1.94 bits per heavy atom. The molecule has 0 saturated carbocycles. The van der Waals surface area contributed by atoms with Gasteiger partial charge in [-0.15, -0.1) is 0 Å². The maximum Gasteiger partial charge on any atom is 0.419 e. The summed E-state index contributed by atoms with van der Waals surface area (Å²) in [5.74, 6) is 0. The number of hydrogen-bond acceptors (Lipinski definition) is 4. The number of non-ortho nitro benzene ring substituents is 1. The van der Waals surface area contributed by atoms with E-state index in [9.17, 15) is 27.9 Å². The lowest BCUT2D eigenvalue weighted by Gasteiger charge is -2.31. The molecule has 0 aromatic heterocycles. The molecule has 2 fully saturated rings. The van der Waals surface area contributed by atoms with Gasteiger partial charge in [-0.2, -0.15) is 13.2 Å². The summed E-state index contributed by atoms with van der Waals surface area (Å²) >= 11 is 0. The van der Waals surface area contributed by atoms with Gasteiger partial charge in [-0.25, -0.2) is 9.34 Å². The molecule has 0 aliphatic carbocycles. The Balaban J connectivity index is 1.84. The van der Waals surface area contributed by atoms with E-state index < -0.39 is 35.5 Å². The number of benzene rings is 2. The van der Waals surface area contributed by atoms with Crippen LogP contribution < -0.4 is 0 Å². The second-order valence-electron chi connectivity index (χ2n) is 9.23. The molecule has 0 radical (unpaired) electrons. The number of nitro groups is 1. The van der Waals surface area contributed by atoms with E-state index >= 15 is 0 Å². The molecule has 7 nitrogen and oxygen atoms in total. The van der Waals surface area contributed by atoms with E-state index in [1.54, 1.807) is 31.4 Å². The van der Waals surface area contributed by atoms with E-state index in [1.165, 1.54) is 33.6 Å². The highest BCUT2D eigenvalue weighted by atomic mass is 31.2. The third-order valence-corrected chi connectivity index (χ3v) is 8.90. The van der Waals surface area contributed by atoms with Crippen LogP contribution in [0.2, 0.25) is 0 Å². The quantitative estimate of drug-likeness (QED) is 0.203. The zero-order valence-corrected chi connectivity index (χ0v) is 18.4. The van der Waals surface area contributed by atoms with Crippen molar-refractivity contribution in [1.82, 2.24) is 9.34 Å². The van der Waals surface area contributed by atoms with Crippen LogP contribution in [0.5, 0.6) is 0 Å². The highest BCUT2D eigenvalue weighted by molar-refractivity contribution is 7.55. The standard InChI is InChI=1S/C16H19B4F3N3O4P/c17-14(18)7-24(14)31(29,25-8-15(25,19)20)30-13(16(21,22)23)11-5-6-12(26(27)28)10-4-2-1-3-9(10)11/h1-6,13H,7-8,17-20H2. The van der Waals surface area contributed by atoms with Crippen LogP contribution in [0, 0.1) is 10.1 Å². The first kappa shape index (κ1) is 22.5. The average Bonchev–Trinajstić information content (AvgIpc) is 3.51. The van der Waals surface area contributed by atoms with Gasteiger partial charge in [-0.3, -0.25) is 19.2 Å². The average molecular weight is 449 g/mol. The summed E-state index contributed by atoms with van der Waals surface area (Å²) in [6.45, 7) is 0.699. The molecule has 0 spiro atoms. The van der Waals surface area contributed by atoms with Crippen molar-refractivity contribution in [2.24, 2.45) is 0 Å². The summed E-state index contributed by atoms with van der Waals surface area (Å²) < 4.78 is 65.2. The fraction of sp³-hybridized carbons (Fsp3) is 0.375. The van der Waals surface area contributed by atoms with E-state index in [4.69, 9.17) is 4.52 Å². The van der Waals surface area contributed by atoms with E-state index in [0.717, 1.165) is 12.1 Å². The lowest BCUT2D eigenvalue weighted by molar-refractivity contribution is -0.383. The summed E-state index contributed by atoms with van der Waals surface area (Å²) in [7, 11) is 3.18. The van der Waals surface area contributed by atoms with Gasteiger partial charge < -0.3 is 0 Å². The van der Waals surface area contributed by atoms with Gasteiger partial charge in [0, 0.05) is 19.2 Å². The predicted molar refractivity (Wildman–Crippen MR) is 121 cm³/mol. The first-order chi connectivity index (χ1) is 14.2. The van der Waals surface area contributed by atoms with Gasteiger partial charge in [0.15, 0.2) is 6.10 Å². The summed E-state index contributed by atoms with van der Waals surface area (Å²) in [5.41, 5.74) is -0.601. The molecule has 31 heavy (non-hydrogen) atoms. The molecule has 3 unspecified atom stereocenters. The fourth-order valence-electron chi connectivity index (χ4n) is 3.89. The van der Waals surface area contributed by atoms with E-state index in [-0.39, 0.29) is 22.0 Å². The van der Waals surface area contributed by atoms with Crippen LogP contribution in [-0.4, -0.2) is 75.6 Å². The van der Waals surface area contributed by atoms with Crippen molar-refractivity contribution in [3.05, 3.63) is 52.1 Å². The minimum Gasteiger partial charge on any atom is -0.288 e. The van der Waals surface area contributed by atoms with Crippen LogP contribution in [-0.2, 0) is 9.09 Å². The monoisotopic (exact) mass is 449 g/mol. The molecule has 2 heterocycles. The molecule has 2 aromatic carbocycles. The van der Waals surface area contributed by atoms with Crippen molar-refractivity contribution in [1.29, 1.82) is 0 Å². The third-order valence-electron chi connectivity index (χ3n) is 5.83. The zero-order valence-electron chi connectivity index (χ0n) is 17.5. The number of rotatable bonds is 6. The zero-order chi connectivity index (χ0) is 23.0. The smallest absolute Gasteiger partial charge is 0.288 e. The van der Waals surface area contributed by atoms with Crippen LogP contribution in [0.25, 0.3) is 10.8 Å². The van der Waals surface area contributed by atoms with Gasteiger partial charge in [0.05, 0.1) is 10.3 Å². The Hall–Kier alpha value is -1.74. The van der Waals surface area contributed by atoms with E-state index in [0.29, 0.717) is 13.1 Å². The molecule has 0 N–H and O–H groups in total. The molecule has 4 rings (SSSR count). The Morgan fingerprint density at radius 1 is 1.03 bits per heavy atom. The summed E-state index contributed by atoms with van der Waals surface area (Å²) in [4.78, 5) is 10.7. The van der Waals surface area contributed by atoms with Gasteiger partial charge in [0.1, 0.15) is 31.4 Å². The van der Waals surface area contributed by atoms with Crippen LogP contribution >= 0.6 is 7.67 Å². The van der Waals surface area contributed by atoms with Crippen molar-refractivity contribution in [2.75, 3.05) is 13.1 Å². The first-order valence-electron chi connectivity index (χ1n) is 9.76. The lowest BCUT2D eigenvalue weighted by atomic mass is 9.70. The number of nitrogens with zero attached hydrogens (tertiary/aromatic N) is 3. The second kappa shape index (κ2) is 6.88. The van der Waals surface area contributed by atoms with Crippen LogP contribution in [0.3, 0.4) is 0 Å². The van der Waals surface area contributed by atoms with Gasteiger partial charge in [-0.1, -0.05) is 18.2 Å². The molecule has 0 bridgehead atoms. The number of nitro benzene ring substituents is 1. The first-order valence-corrected chi connectivity index (χ1v) is 11.3. The van der Waals surface area contributed by atoms with Crippen LogP contribution in [0.1, 0.15) is 11.7 Å². The Kier molecular flexibility index (Phi) is 4.98. The Labute approximate surface area is 180 Å². The molecule has 160 valence electrons. The molecule has 2 saturated heterocycles. The summed E-state index contributed by atoms with van der Waals surface area (Å²) in [5, 5.41) is 10.4. The molecular weight excluding hydrogens is 429 g/mol. The summed E-state index contributed by atoms with van der Waals surface area (Å²) in [6.07, 6.45) is -7.38. The third kappa shape index (κ3) is 3.84. The topological polar surface area (TPSA) is 75.5 Å². The van der Waals surface area contributed by atoms with E-state index in [1.807, 2.05) is 0 Å². The van der Waals surface area contributed by atoms with Gasteiger partial charge in [0.2, 0.25) is 0 Å². The van der Waals surface area contributed by atoms with Crippen molar-refractivity contribution in [3.63, 3.8) is 0 Å². The maximum atomic E-state index is 14.3. The van der Waals surface area contributed by atoms with Crippen LogP contribution in [0.4, 0.5) is 18.9 Å². The van der Waals surface area contributed by atoms with Gasteiger partial charge >= 0.3 is 13.8 Å². The highest BCUT2D eigenvalue weighted by Gasteiger charge is 2.66. The van der Waals surface area contributed by atoms with Crippen molar-refractivity contribution < 1.29 is 27.2 Å². The second-order valence-corrected chi connectivity index (χ2v) is 11.4. The van der Waals surface area contributed by atoms with Crippen molar-refractivity contribution >= 4 is 55.5 Å². The Bertz CT molecular complexity index is 1110. The maximum absolute atomic E-state index is 14.3. The number of halogens is 3. The molecule has 3 atom stereocenters. The van der Waals surface area contributed by atoms with Crippen LogP contribution in [0.15, 0.2) is 36.4 Å². The largest absolute Gasteiger partial charge is 0.419 e. The molecule has 15 heteroatoms. The number of hydrogen-bond donors (Lipinski definition) is 0. The molecule has 2 aromatic rings. The highest BCUT2D eigenvalue weighted by Crippen LogP contribution is 2.70. The lowest BCUT2D eigenvalue weighted by Crippen LogP contribution is -2.30. The van der Waals surface area contributed by atoms with Gasteiger partial charge in [0.25, 0.3) is 5.69 Å². The fourth-order valence-corrected chi connectivity index (χ4v) is 7.31. The SMILES string of the molecule is BC1(B)CN1P(=O)(OC(c1ccc([N+](=O)[O-])c2ccccc12)C(F)(F)F)N1CC1(B)B. The summed E-state index contributed by atoms with van der Waals surface area (Å²) in [6, 6.07) is 7.88. The van der Waals surface area contributed by atoms with Crippen molar-refractivity contribution in [2.45, 2.75) is 23.0 Å². The van der Waals surface area contributed by atoms with Crippen molar-refractivity contribution in [3.8, 4) is 0 Å². The molecule has 0 amide bonds. The predicted octanol–water partition coefficient (Wildman–Crippen LogP) is -0.0527. The number of alkyl halides is 3. The molecular formula is C16H19B4F3N3O4P. The Morgan fingerprint density at radius 2 is 1.52 bits per heavy atom. The number of fused-ring (bicyclic) bond motifs is 1. The normalized spacial score (nSPS) is 26.7. The van der Waals surface area contributed by atoms with Gasteiger partial charge in [-0.05, 0) is 33.8 Å². The van der Waals surface area contributed by atoms with E-state index in [2.05, 4.69) is 0 Å². The minimum absolute atomic E-state index is 0.0423.